The van der Waals surface area contributed by atoms with Gasteiger partial charge in [0, 0.05) is 16.3 Å². The van der Waals surface area contributed by atoms with Gasteiger partial charge in [-0.25, -0.2) is 4.39 Å². The van der Waals surface area contributed by atoms with Gasteiger partial charge in [-0.05, 0) is 24.3 Å². The molecule has 0 bridgehead atoms. The number of ketones is 1. The van der Waals surface area contributed by atoms with Gasteiger partial charge in [-0.15, -0.1) is 0 Å². The lowest BCUT2D eigenvalue weighted by Gasteiger charge is -2.14. The smallest absolute Gasteiger partial charge is 0.184 e. The number of fused-ring (bicyclic) bond motifs is 1. The molecule has 0 aliphatic carbocycles. The minimum Gasteiger partial charge on any atom is -0.352 e. The van der Waals surface area contributed by atoms with Gasteiger partial charge >= 0.3 is 0 Å². The van der Waals surface area contributed by atoms with Crippen LogP contribution in [-0.4, -0.2) is 10.8 Å². The molecule has 0 aliphatic rings. The molecule has 2 rings (SSSR count). The van der Waals surface area contributed by atoms with Crippen molar-refractivity contribution in [3.05, 3.63) is 35.8 Å². The van der Waals surface area contributed by atoms with E-state index in [1.165, 1.54) is 12.1 Å². The Labute approximate surface area is 93.5 Å². The van der Waals surface area contributed by atoms with Crippen molar-refractivity contribution in [1.82, 2.24) is 4.98 Å². The average molecular weight is 219 g/mol. The molecule has 0 amide bonds. The molecule has 2 aromatic rings. The Morgan fingerprint density at radius 2 is 1.94 bits per heavy atom. The van der Waals surface area contributed by atoms with E-state index in [2.05, 4.69) is 4.98 Å². The maximum atomic E-state index is 13.0. The van der Waals surface area contributed by atoms with Crippen LogP contribution in [0.25, 0.3) is 10.9 Å². The monoisotopic (exact) mass is 219 g/mol. The molecule has 0 saturated heterocycles. The molecule has 1 aromatic heterocycles. The highest BCUT2D eigenvalue weighted by Crippen LogP contribution is 2.23. The zero-order chi connectivity index (χ0) is 11.9. The third kappa shape index (κ3) is 1.85. The van der Waals surface area contributed by atoms with E-state index >= 15 is 0 Å². The predicted octanol–water partition coefficient (Wildman–Crippen LogP) is 3.54. The fourth-order valence-corrected chi connectivity index (χ4v) is 1.63. The van der Waals surface area contributed by atoms with Gasteiger partial charge < -0.3 is 4.98 Å². The number of nitrogens with one attached hydrogen (secondary N) is 1. The standard InChI is InChI=1S/C13H14FNO/c1-13(2,3)12(16)11-6-8-4-5-9(14)7-10(8)15-11/h4-7,15H,1-3H3. The maximum Gasteiger partial charge on any atom is 0.184 e. The van der Waals surface area contributed by atoms with Gasteiger partial charge in [0.1, 0.15) is 5.82 Å². The zero-order valence-corrected chi connectivity index (χ0v) is 9.60. The highest BCUT2D eigenvalue weighted by molar-refractivity contribution is 6.02. The number of H-pyrrole nitrogens is 1. The fourth-order valence-electron chi connectivity index (χ4n) is 1.63. The average Bonchev–Trinajstić information content (AvgIpc) is 2.57. The molecule has 0 spiro atoms. The van der Waals surface area contributed by atoms with E-state index in [1.807, 2.05) is 20.8 Å². The van der Waals surface area contributed by atoms with Gasteiger partial charge in [-0.2, -0.15) is 0 Å². The first-order chi connectivity index (χ1) is 7.38. The summed E-state index contributed by atoms with van der Waals surface area (Å²) in [5.74, 6) is -0.270. The second kappa shape index (κ2) is 3.44. The van der Waals surface area contributed by atoms with Crippen LogP contribution in [0.4, 0.5) is 4.39 Å². The van der Waals surface area contributed by atoms with Gasteiger partial charge in [0.05, 0.1) is 5.69 Å². The number of hydrogen-bond acceptors (Lipinski definition) is 1. The van der Waals surface area contributed by atoms with Crippen LogP contribution in [0.15, 0.2) is 24.3 Å². The van der Waals surface area contributed by atoms with Gasteiger partial charge in [0.25, 0.3) is 0 Å². The molecule has 0 saturated carbocycles. The molecule has 0 unspecified atom stereocenters. The van der Waals surface area contributed by atoms with Crippen LogP contribution in [0.3, 0.4) is 0 Å². The molecule has 3 heteroatoms. The van der Waals surface area contributed by atoms with E-state index in [0.29, 0.717) is 11.2 Å². The van der Waals surface area contributed by atoms with Crippen molar-refractivity contribution in [1.29, 1.82) is 0 Å². The molecule has 1 aromatic carbocycles. The predicted molar refractivity (Wildman–Crippen MR) is 62.0 cm³/mol. The number of benzene rings is 1. The first-order valence-corrected chi connectivity index (χ1v) is 5.21. The van der Waals surface area contributed by atoms with E-state index in [4.69, 9.17) is 0 Å². The summed E-state index contributed by atoms with van der Waals surface area (Å²) < 4.78 is 13.0. The Bertz CT molecular complexity index is 549. The lowest BCUT2D eigenvalue weighted by Crippen LogP contribution is -2.20. The highest BCUT2D eigenvalue weighted by Gasteiger charge is 2.24. The first kappa shape index (κ1) is 10.9. The fraction of sp³-hybridized carbons (Fsp3) is 0.308. The number of aromatic amines is 1. The number of carbonyl (C=O) groups excluding carboxylic acids is 1. The van der Waals surface area contributed by atoms with Crippen molar-refractivity contribution >= 4 is 16.7 Å². The van der Waals surface area contributed by atoms with E-state index in [1.54, 1.807) is 12.1 Å². The Kier molecular flexibility index (Phi) is 2.34. The van der Waals surface area contributed by atoms with Crippen molar-refractivity contribution in [3.63, 3.8) is 0 Å². The van der Waals surface area contributed by atoms with Gasteiger partial charge in [0.2, 0.25) is 0 Å². The molecule has 1 heterocycles. The van der Waals surface area contributed by atoms with Crippen molar-refractivity contribution in [2.45, 2.75) is 20.8 Å². The third-order valence-electron chi connectivity index (χ3n) is 2.51. The summed E-state index contributed by atoms with van der Waals surface area (Å²) >= 11 is 0. The van der Waals surface area contributed by atoms with Crippen LogP contribution in [-0.2, 0) is 0 Å². The molecule has 84 valence electrons. The van der Waals surface area contributed by atoms with Crippen LogP contribution in [0.5, 0.6) is 0 Å². The van der Waals surface area contributed by atoms with E-state index in [0.717, 1.165) is 5.39 Å². The highest BCUT2D eigenvalue weighted by atomic mass is 19.1. The van der Waals surface area contributed by atoms with Gasteiger partial charge in [-0.3, -0.25) is 4.79 Å². The summed E-state index contributed by atoms with van der Waals surface area (Å²) in [5.41, 5.74) is 0.764. The number of carbonyl (C=O) groups is 1. The Morgan fingerprint density at radius 3 is 2.56 bits per heavy atom. The second-order valence-corrected chi connectivity index (χ2v) is 4.99. The Balaban J connectivity index is 2.52. The minimum absolute atomic E-state index is 0.0316. The summed E-state index contributed by atoms with van der Waals surface area (Å²) in [6, 6.07) is 6.22. The molecular formula is C13H14FNO. The Morgan fingerprint density at radius 1 is 1.25 bits per heavy atom. The van der Waals surface area contributed by atoms with Crippen LogP contribution < -0.4 is 0 Å². The topological polar surface area (TPSA) is 32.9 Å². The van der Waals surface area contributed by atoms with Crippen molar-refractivity contribution in [3.8, 4) is 0 Å². The number of rotatable bonds is 1. The largest absolute Gasteiger partial charge is 0.352 e. The van der Waals surface area contributed by atoms with Crippen LogP contribution >= 0.6 is 0 Å². The van der Waals surface area contributed by atoms with Crippen LogP contribution in [0, 0.1) is 11.2 Å². The van der Waals surface area contributed by atoms with E-state index < -0.39 is 5.41 Å². The summed E-state index contributed by atoms with van der Waals surface area (Å²) in [7, 11) is 0. The van der Waals surface area contributed by atoms with Crippen LogP contribution in [0.1, 0.15) is 31.3 Å². The van der Waals surface area contributed by atoms with Crippen molar-refractivity contribution in [2.75, 3.05) is 0 Å². The minimum atomic E-state index is -0.431. The number of halogens is 1. The van der Waals surface area contributed by atoms with E-state index in [-0.39, 0.29) is 11.6 Å². The number of aromatic nitrogens is 1. The normalized spacial score (nSPS) is 12.0. The van der Waals surface area contributed by atoms with Crippen molar-refractivity contribution < 1.29 is 9.18 Å². The summed E-state index contributed by atoms with van der Waals surface area (Å²) in [6.45, 7) is 5.59. The molecule has 0 aliphatic heterocycles. The summed E-state index contributed by atoms with van der Waals surface area (Å²) in [6.07, 6.45) is 0. The molecule has 2 nitrogen and oxygen atoms in total. The lowest BCUT2D eigenvalue weighted by molar-refractivity contribution is 0.0854. The number of Topliss-reactive ketones (excluding diaryl/α,β-unsaturated/α-hetero) is 1. The van der Waals surface area contributed by atoms with Gasteiger partial charge in [0.15, 0.2) is 5.78 Å². The molecule has 0 fully saturated rings. The Hall–Kier alpha value is -1.64. The molecular weight excluding hydrogens is 205 g/mol. The van der Waals surface area contributed by atoms with E-state index in [9.17, 15) is 9.18 Å². The molecule has 16 heavy (non-hydrogen) atoms. The van der Waals surface area contributed by atoms with Crippen LogP contribution in [0.2, 0.25) is 0 Å². The SMILES string of the molecule is CC(C)(C)C(=O)c1cc2ccc(F)cc2[nH]1. The summed E-state index contributed by atoms with van der Waals surface area (Å²) in [4.78, 5) is 14.9. The molecule has 1 N–H and O–H groups in total. The van der Waals surface area contributed by atoms with Crippen molar-refractivity contribution in [2.24, 2.45) is 5.41 Å². The molecule has 0 atom stereocenters. The van der Waals surface area contributed by atoms with Gasteiger partial charge in [-0.1, -0.05) is 20.8 Å². The summed E-state index contributed by atoms with van der Waals surface area (Å²) in [5, 5.41) is 0.856. The maximum absolute atomic E-state index is 13.0. The quantitative estimate of drug-likeness (QED) is 0.731. The third-order valence-corrected chi connectivity index (χ3v) is 2.51. The lowest BCUT2D eigenvalue weighted by atomic mass is 9.89. The molecule has 0 radical (unpaired) electrons. The first-order valence-electron chi connectivity index (χ1n) is 5.21. The second-order valence-electron chi connectivity index (χ2n) is 4.99. The zero-order valence-electron chi connectivity index (χ0n) is 9.60. The number of hydrogen-bond donors (Lipinski definition) is 1.